The summed E-state index contributed by atoms with van der Waals surface area (Å²) in [4.78, 5) is 14.2. The van der Waals surface area contributed by atoms with Crippen molar-refractivity contribution in [1.82, 2.24) is 4.98 Å². The molecule has 0 spiro atoms. The largest absolute Gasteiger partial charge is 0.465 e. The van der Waals surface area contributed by atoms with Crippen LogP contribution in [0.3, 0.4) is 0 Å². The quantitative estimate of drug-likeness (QED) is 0.674. The molecule has 1 amide bonds. The molecule has 0 saturated heterocycles. The summed E-state index contributed by atoms with van der Waals surface area (Å²) in [6.07, 6.45) is 0.294. The first-order valence-electron chi connectivity index (χ1n) is 3.52. The van der Waals surface area contributed by atoms with Gasteiger partial charge in [0, 0.05) is 6.20 Å². The minimum atomic E-state index is -1.15. The standard InChI is InChI=1S/C7H6N2O4/c10-7(11)9-4-1-2-8-6-5(4)12-3-13-6/h1-2H,3H2,(H,8,9)(H,10,11). The van der Waals surface area contributed by atoms with Crippen LogP contribution in [0.1, 0.15) is 0 Å². The van der Waals surface area contributed by atoms with Crippen LogP contribution in [0.25, 0.3) is 0 Å². The summed E-state index contributed by atoms with van der Waals surface area (Å²) in [7, 11) is 0. The number of amides is 1. The van der Waals surface area contributed by atoms with E-state index in [1.165, 1.54) is 12.3 Å². The Labute approximate surface area is 73.1 Å². The van der Waals surface area contributed by atoms with Crippen molar-refractivity contribution in [3.05, 3.63) is 12.3 Å². The Morgan fingerprint density at radius 3 is 3.23 bits per heavy atom. The van der Waals surface area contributed by atoms with E-state index in [0.29, 0.717) is 17.3 Å². The molecule has 1 aromatic rings. The summed E-state index contributed by atoms with van der Waals surface area (Å²) in [6, 6.07) is 1.50. The highest BCUT2D eigenvalue weighted by Gasteiger charge is 2.19. The van der Waals surface area contributed by atoms with Crippen molar-refractivity contribution in [2.45, 2.75) is 0 Å². The third-order valence-electron chi connectivity index (χ3n) is 1.51. The molecule has 0 fully saturated rings. The molecule has 1 aliphatic heterocycles. The number of anilines is 1. The minimum absolute atomic E-state index is 0.0701. The van der Waals surface area contributed by atoms with E-state index in [1.54, 1.807) is 0 Å². The molecule has 2 rings (SSSR count). The van der Waals surface area contributed by atoms with Gasteiger partial charge in [-0.2, -0.15) is 0 Å². The fourth-order valence-corrected chi connectivity index (χ4v) is 1.03. The average Bonchev–Trinajstić information content (AvgIpc) is 2.51. The Kier molecular flexibility index (Phi) is 1.66. The molecule has 0 atom stereocenters. The SMILES string of the molecule is O=C(O)Nc1ccnc2c1OCO2. The second-order valence-corrected chi connectivity index (χ2v) is 2.33. The van der Waals surface area contributed by atoms with Gasteiger partial charge in [0.15, 0.2) is 0 Å². The number of hydrogen-bond acceptors (Lipinski definition) is 4. The summed E-state index contributed by atoms with van der Waals surface area (Å²) in [5, 5.41) is 10.6. The lowest BCUT2D eigenvalue weighted by atomic mass is 10.3. The van der Waals surface area contributed by atoms with Crippen molar-refractivity contribution in [2.75, 3.05) is 12.1 Å². The van der Waals surface area contributed by atoms with Crippen LogP contribution in [0.5, 0.6) is 11.6 Å². The predicted octanol–water partition coefficient (Wildman–Crippen LogP) is 0.900. The van der Waals surface area contributed by atoms with Crippen LogP contribution in [-0.2, 0) is 0 Å². The third kappa shape index (κ3) is 1.33. The number of carboxylic acid groups (broad SMARTS) is 1. The molecule has 0 bridgehead atoms. The molecular weight excluding hydrogens is 176 g/mol. The molecule has 0 saturated carbocycles. The van der Waals surface area contributed by atoms with E-state index in [1.807, 2.05) is 0 Å². The predicted molar refractivity (Wildman–Crippen MR) is 42.0 cm³/mol. The molecule has 0 aliphatic carbocycles. The molecule has 0 aromatic carbocycles. The first-order chi connectivity index (χ1) is 6.27. The van der Waals surface area contributed by atoms with E-state index >= 15 is 0 Å². The van der Waals surface area contributed by atoms with Gasteiger partial charge in [0.05, 0.1) is 5.69 Å². The summed E-state index contributed by atoms with van der Waals surface area (Å²) >= 11 is 0. The Balaban J connectivity index is 2.36. The zero-order valence-electron chi connectivity index (χ0n) is 6.48. The number of nitrogens with zero attached hydrogens (tertiary/aromatic N) is 1. The van der Waals surface area contributed by atoms with Crippen LogP contribution in [0.2, 0.25) is 0 Å². The molecule has 68 valence electrons. The van der Waals surface area contributed by atoms with Crippen molar-refractivity contribution >= 4 is 11.8 Å². The van der Waals surface area contributed by atoms with Gasteiger partial charge in [-0.1, -0.05) is 0 Å². The van der Waals surface area contributed by atoms with Crippen molar-refractivity contribution in [3.63, 3.8) is 0 Å². The molecule has 0 radical (unpaired) electrons. The Bertz CT molecular complexity index is 352. The second kappa shape index (κ2) is 2.81. The highest BCUT2D eigenvalue weighted by atomic mass is 16.7. The Morgan fingerprint density at radius 2 is 2.46 bits per heavy atom. The zero-order valence-corrected chi connectivity index (χ0v) is 6.48. The van der Waals surface area contributed by atoms with Gasteiger partial charge in [0.25, 0.3) is 5.88 Å². The van der Waals surface area contributed by atoms with Crippen LogP contribution >= 0.6 is 0 Å². The number of rotatable bonds is 1. The van der Waals surface area contributed by atoms with Crippen LogP contribution in [0.4, 0.5) is 10.5 Å². The molecule has 1 aliphatic rings. The molecule has 13 heavy (non-hydrogen) atoms. The van der Waals surface area contributed by atoms with Crippen LogP contribution < -0.4 is 14.8 Å². The monoisotopic (exact) mass is 182 g/mol. The van der Waals surface area contributed by atoms with E-state index < -0.39 is 6.09 Å². The molecule has 0 unspecified atom stereocenters. The highest BCUT2D eigenvalue weighted by Crippen LogP contribution is 2.36. The van der Waals surface area contributed by atoms with E-state index in [-0.39, 0.29) is 6.79 Å². The van der Waals surface area contributed by atoms with Gasteiger partial charge in [-0.3, -0.25) is 5.32 Å². The number of hydrogen-bond donors (Lipinski definition) is 2. The van der Waals surface area contributed by atoms with E-state index in [2.05, 4.69) is 10.3 Å². The summed E-state index contributed by atoms with van der Waals surface area (Å²) < 4.78 is 9.97. The maximum absolute atomic E-state index is 10.3. The Hall–Kier alpha value is -1.98. The maximum atomic E-state index is 10.3. The molecule has 6 heteroatoms. The van der Waals surface area contributed by atoms with Gasteiger partial charge in [-0.15, -0.1) is 0 Å². The fourth-order valence-electron chi connectivity index (χ4n) is 1.03. The zero-order chi connectivity index (χ0) is 9.26. The first kappa shape index (κ1) is 7.66. The lowest BCUT2D eigenvalue weighted by Crippen LogP contribution is -2.07. The molecule has 6 nitrogen and oxygen atoms in total. The van der Waals surface area contributed by atoms with Gasteiger partial charge in [-0.25, -0.2) is 9.78 Å². The summed E-state index contributed by atoms with van der Waals surface area (Å²) in [5.74, 6) is 0.649. The van der Waals surface area contributed by atoms with Gasteiger partial charge < -0.3 is 14.6 Å². The van der Waals surface area contributed by atoms with Crippen molar-refractivity contribution in [3.8, 4) is 11.6 Å². The van der Waals surface area contributed by atoms with Crippen LogP contribution in [-0.4, -0.2) is 23.0 Å². The van der Waals surface area contributed by atoms with Gasteiger partial charge in [0.2, 0.25) is 12.5 Å². The lowest BCUT2D eigenvalue weighted by molar-refractivity contribution is 0.171. The van der Waals surface area contributed by atoms with E-state index in [9.17, 15) is 4.79 Å². The lowest BCUT2D eigenvalue weighted by Gasteiger charge is -2.02. The number of carbonyl (C=O) groups is 1. The van der Waals surface area contributed by atoms with Gasteiger partial charge in [-0.05, 0) is 6.07 Å². The number of nitrogens with one attached hydrogen (secondary N) is 1. The van der Waals surface area contributed by atoms with Crippen molar-refractivity contribution in [1.29, 1.82) is 0 Å². The molecule has 2 N–H and O–H groups in total. The van der Waals surface area contributed by atoms with Crippen LogP contribution in [0.15, 0.2) is 12.3 Å². The number of aromatic nitrogens is 1. The summed E-state index contributed by atoms with van der Waals surface area (Å²) in [5.41, 5.74) is 0.343. The topological polar surface area (TPSA) is 80.7 Å². The number of pyridine rings is 1. The molecule has 2 heterocycles. The highest BCUT2D eigenvalue weighted by molar-refractivity contribution is 5.85. The molecule has 1 aromatic heterocycles. The first-order valence-corrected chi connectivity index (χ1v) is 3.52. The van der Waals surface area contributed by atoms with Gasteiger partial charge >= 0.3 is 6.09 Å². The second-order valence-electron chi connectivity index (χ2n) is 2.33. The van der Waals surface area contributed by atoms with E-state index in [4.69, 9.17) is 14.6 Å². The maximum Gasteiger partial charge on any atom is 0.409 e. The fraction of sp³-hybridized carbons (Fsp3) is 0.143. The normalized spacial score (nSPS) is 12.6. The minimum Gasteiger partial charge on any atom is -0.465 e. The van der Waals surface area contributed by atoms with E-state index in [0.717, 1.165) is 0 Å². The molecular formula is C7H6N2O4. The smallest absolute Gasteiger partial charge is 0.409 e. The number of ether oxygens (including phenoxy) is 2. The average molecular weight is 182 g/mol. The van der Waals surface area contributed by atoms with Gasteiger partial charge in [0.1, 0.15) is 0 Å². The van der Waals surface area contributed by atoms with Crippen molar-refractivity contribution in [2.24, 2.45) is 0 Å². The van der Waals surface area contributed by atoms with Crippen LogP contribution in [0, 0.1) is 0 Å². The summed E-state index contributed by atoms with van der Waals surface area (Å²) in [6.45, 7) is 0.0701. The third-order valence-corrected chi connectivity index (χ3v) is 1.51. The van der Waals surface area contributed by atoms with Crippen molar-refractivity contribution < 1.29 is 19.4 Å². The number of fused-ring (bicyclic) bond motifs is 1. The Morgan fingerprint density at radius 1 is 1.62 bits per heavy atom.